The Labute approximate surface area is 137 Å². The van der Waals surface area contributed by atoms with Crippen LogP contribution in [-0.4, -0.2) is 20.4 Å². The Bertz CT molecular complexity index is 753. The fourth-order valence-electron chi connectivity index (χ4n) is 2.11. The normalized spacial score (nSPS) is 13.4. The van der Waals surface area contributed by atoms with Gasteiger partial charge in [-0.3, -0.25) is 0 Å². The first-order valence-corrected chi connectivity index (χ1v) is 9.03. The minimum Gasteiger partial charge on any atom is -0.448 e. The first kappa shape index (κ1) is 17.7. The second-order valence-electron chi connectivity index (χ2n) is 5.71. The van der Waals surface area contributed by atoms with Crippen LogP contribution in [0, 0.1) is 0 Å². The summed E-state index contributed by atoms with van der Waals surface area (Å²) in [5, 5.41) is 3.33. The molecule has 0 unspecified atom stereocenters. The predicted molar refractivity (Wildman–Crippen MR) is 88.5 cm³/mol. The van der Waals surface area contributed by atoms with E-state index in [-0.39, 0.29) is 16.9 Å². The van der Waals surface area contributed by atoms with Gasteiger partial charge in [0.15, 0.2) is 5.89 Å². The highest BCUT2D eigenvalue weighted by molar-refractivity contribution is 7.89. The number of hydrogen-bond donors (Lipinski definition) is 2. The number of benzene rings is 1. The van der Waals surface area contributed by atoms with Crippen LogP contribution < -0.4 is 10.0 Å². The molecule has 1 aromatic carbocycles. The van der Waals surface area contributed by atoms with Crippen LogP contribution in [0.3, 0.4) is 0 Å². The molecule has 0 amide bonds. The van der Waals surface area contributed by atoms with E-state index in [1.807, 2.05) is 26.8 Å². The van der Waals surface area contributed by atoms with Crippen molar-refractivity contribution in [1.29, 1.82) is 0 Å². The Balaban J connectivity index is 2.05. The summed E-state index contributed by atoms with van der Waals surface area (Å²) in [7, 11) is -2.03. The molecule has 1 atom stereocenters. The first-order valence-electron chi connectivity index (χ1n) is 7.54. The molecule has 0 saturated carbocycles. The van der Waals surface area contributed by atoms with Gasteiger partial charge >= 0.3 is 0 Å². The zero-order chi connectivity index (χ0) is 17.0. The van der Waals surface area contributed by atoms with E-state index in [1.54, 1.807) is 24.5 Å². The van der Waals surface area contributed by atoms with E-state index < -0.39 is 10.0 Å². The summed E-state index contributed by atoms with van der Waals surface area (Å²) < 4.78 is 31.5. The van der Waals surface area contributed by atoms with Crippen LogP contribution in [0.5, 0.6) is 0 Å². The molecule has 6 nitrogen and oxygen atoms in total. The number of sulfonamides is 1. The topological polar surface area (TPSA) is 84.2 Å². The van der Waals surface area contributed by atoms with E-state index >= 15 is 0 Å². The van der Waals surface area contributed by atoms with Crippen molar-refractivity contribution in [2.45, 2.75) is 44.2 Å². The molecule has 7 heteroatoms. The van der Waals surface area contributed by atoms with Gasteiger partial charge in [-0.2, -0.15) is 0 Å². The summed E-state index contributed by atoms with van der Waals surface area (Å²) in [4.78, 5) is 4.67. The Morgan fingerprint density at radius 3 is 2.61 bits per heavy atom. The Morgan fingerprint density at radius 1 is 1.26 bits per heavy atom. The van der Waals surface area contributed by atoms with Crippen molar-refractivity contribution in [1.82, 2.24) is 15.0 Å². The monoisotopic (exact) mass is 337 g/mol. The number of nitrogens with zero attached hydrogens (tertiary/aromatic N) is 1. The summed E-state index contributed by atoms with van der Waals surface area (Å²) in [6.45, 7) is 6.59. The van der Waals surface area contributed by atoms with Crippen LogP contribution in [0.1, 0.15) is 49.9 Å². The largest absolute Gasteiger partial charge is 0.448 e. The van der Waals surface area contributed by atoms with Crippen LogP contribution in [0.25, 0.3) is 0 Å². The lowest BCUT2D eigenvalue weighted by molar-refractivity contribution is 0.470. The lowest BCUT2D eigenvalue weighted by Gasteiger charge is -2.14. The van der Waals surface area contributed by atoms with Crippen LogP contribution >= 0.6 is 0 Å². The summed E-state index contributed by atoms with van der Waals surface area (Å²) in [5.41, 5.74) is 1.73. The van der Waals surface area contributed by atoms with Gasteiger partial charge in [-0.1, -0.05) is 26.0 Å². The highest BCUT2D eigenvalue weighted by atomic mass is 32.2. The van der Waals surface area contributed by atoms with Crippen molar-refractivity contribution in [3.63, 3.8) is 0 Å². The van der Waals surface area contributed by atoms with Gasteiger partial charge in [0.2, 0.25) is 10.0 Å². The maximum Gasteiger partial charge on any atom is 0.240 e. The smallest absolute Gasteiger partial charge is 0.240 e. The number of nitrogens with one attached hydrogen (secondary N) is 2. The van der Waals surface area contributed by atoms with E-state index in [0.717, 1.165) is 17.1 Å². The number of aromatic nitrogens is 1. The third-order valence-corrected chi connectivity index (χ3v) is 5.00. The molecule has 0 aliphatic heterocycles. The second kappa shape index (κ2) is 7.25. The molecule has 126 valence electrons. The van der Waals surface area contributed by atoms with Crippen molar-refractivity contribution in [2.24, 2.45) is 0 Å². The maximum absolute atomic E-state index is 11.9. The van der Waals surface area contributed by atoms with E-state index in [0.29, 0.717) is 6.54 Å². The molecule has 0 saturated heterocycles. The molecular formula is C16H23N3O3S. The maximum atomic E-state index is 11.9. The quantitative estimate of drug-likeness (QED) is 0.811. The highest BCUT2D eigenvalue weighted by Gasteiger charge is 2.14. The van der Waals surface area contributed by atoms with Gasteiger partial charge in [0.1, 0.15) is 6.26 Å². The summed E-state index contributed by atoms with van der Waals surface area (Å²) in [5.74, 6) is 0.973. The third-order valence-electron chi connectivity index (χ3n) is 3.59. The molecule has 23 heavy (non-hydrogen) atoms. The van der Waals surface area contributed by atoms with Gasteiger partial charge in [0.25, 0.3) is 0 Å². The van der Waals surface area contributed by atoms with Gasteiger partial charge in [-0.05, 0) is 31.7 Å². The first-order chi connectivity index (χ1) is 10.8. The molecule has 0 fully saturated rings. The molecule has 0 spiro atoms. The van der Waals surface area contributed by atoms with E-state index in [9.17, 15) is 8.42 Å². The molecule has 0 aliphatic rings. The van der Waals surface area contributed by atoms with E-state index in [4.69, 9.17) is 4.42 Å². The van der Waals surface area contributed by atoms with Crippen LogP contribution in [0.2, 0.25) is 0 Å². The Kier molecular flexibility index (Phi) is 5.56. The van der Waals surface area contributed by atoms with Gasteiger partial charge in [0, 0.05) is 18.5 Å². The van der Waals surface area contributed by atoms with Gasteiger partial charge in [-0.15, -0.1) is 0 Å². The minimum absolute atomic E-state index is 0.0128. The predicted octanol–water partition coefficient (Wildman–Crippen LogP) is 2.56. The average Bonchev–Trinajstić information content (AvgIpc) is 3.02. The van der Waals surface area contributed by atoms with Crippen molar-refractivity contribution in [2.75, 3.05) is 7.05 Å². The van der Waals surface area contributed by atoms with Crippen molar-refractivity contribution in [3.8, 4) is 0 Å². The van der Waals surface area contributed by atoms with E-state index in [2.05, 4.69) is 15.0 Å². The highest BCUT2D eigenvalue weighted by Crippen LogP contribution is 2.18. The number of oxazole rings is 1. The average molecular weight is 337 g/mol. The fourth-order valence-corrected chi connectivity index (χ4v) is 2.90. The van der Waals surface area contributed by atoms with Crippen LogP contribution in [0.4, 0.5) is 0 Å². The molecule has 2 aromatic rings. The number of rotatable bonds is 7. The summed E-state index contributed by atoms with van der Waals surface area (Å²) in [6.07, 6.45) is 1.65. The lowest BCUT2D eigenvalue weighted by Crippen LogP contribution is -2.21. The Hall–Kier alpha value is -1.70. The molecule has 2 rings (SSSR count). The zero-order valence-electron chi connectivity index (χ0n) is 13.8. The van der Waals surface area contributed by atoms with Crippen LogP contribution in [0.15, 0.2) is 39.8 Å². The van der Waals surface area contributed by atoms with Gasteiger partial charge < -0.3 is 9.73 Å². The van der Waals surface area contributed by atoms with E-state index in [1.165, 1.54) is 7.05 Å². The van der Waals surface area contributed by atoms with Crippen molar-refractivity contribution >= 4 is 10.0 Å². The standard InChI is InChI=1S/C16H23N3O3S/c1-11(2)16-19-14(10-22-16)9-18-12(3)13-6-5-7-15(8-13)23(20,21)17-4/h5-8,10-12,17-18H,9H2,1-4H3/t12-/m1/s1. The number of hydrogen-bond acceptors (Lipinski definition) is 5. The SMILES string of the molecule is CNS(=O)(=O)c1cccc([C@@H](C)NCc2coc(C(C)C)n2)c1. The second-order valence-corrected chi connectivity index (χ2v) is 7.60. The molecule has 0 radical (unpaired) electrons. The van der Waals surface area contributed by atoms with Gasteiger partial charge in [0.05, 0.1) is 10.6 Å². The van der Waals surface area contributed by atoms with Crippen LogP contribution in [-0.2, 0) is 16.6 Å². The summed E-state index contributed by atoms with van der Waals surface area (Å²) >= 11 is 0. The van der Waals surface area contributed by atoms with Crippen molar-refractivity contribution < 1.29 is 12.8 Å². The zero-order valence-corrected chi connectivity index (χ0v) is 14.6. The lowest BCUT2D eigenvalue weighted by atomic mass is 10.1. The fraction of sp³-hybridized carbons (Fsp3) is 0.438. The molecule has 2 N–H and O–H groups in total. The third kappa shape index (κ3) is 4.40. The molecule has 1 heterocycles. The molecule has 0 bridgehead atoms. The molecular weight excluding hydrogens is 314 g/mol. The molecule has 0 aliphatic carbocycles. The minimum atomic E-state index is -3.43. The van der Waals surface area contributed by atoms with Gasteiger partial charge in [-0.25, -0.2) is 18.1 Å². The summed E-state index contributed by atoms with van der Waals surface area (Å²) in [6, 6.07) is 6.88. The molecule has 1 aromatic heterocycles. The Morgan fingerprint density at radius 2 is 2.00 bits per heavy atom. The van der Waals surface area contributed by atoms with Crippen molar-refractivity contribution in [3.05, 3.63) is 47.7 Å².